The van der Waals surface area contributed by atoms with E-state index in [9.17, 15) is 4.79 Å². The molecule has 2 nitrogen and oxygen atoms in total. The quantitative estimate of drug-likeness (QED) is 0.780. The van der Waals surface area contributed by atoms with Gasteiger partial charge in [-0.2, -0.15) is 0 Å². The van der Waals surface area contributed by atoms with Gasteiger partial charge in [-0.15, -0.1) is 0 Å². The minimum atomic E-state index is 0.0840. The Morgan fingerprint density at radius 3 is 2.37 bits per heavy atom. The standard InChI is InChI=1S/C17H19NO/c1-11-7-14(4)17(18-10-11)16(19)9-15-6-5-12(2)13(3)8-15/h5-8,10H,9H2,1-4H3. The first-order valence-corrected chi connectivity index (χ1v) is 6.50. The summed E-state index contributed by atoms with van der Waals surface area (Å²) in [6.07, 6.45) is 2.17. The molecule has 0 aliphatic carbocycles. The summed E-state index contributed by atoms with van der Waals surface area (Å²) in [5.41, 5.74) is 6.15. The third kappa shape index (κ3) is 3.08. The number of hydrogen-bond acceptors (Lipinski definition) is 2. The summed E-state index contributed by atoms with van der Waals surface area (Å²) in [5, 5.41) is 0. The van der Waals surface area contributed by atoms with Crippen molar-refractivity contribution in [2.24, 2.45) is 0 Å². The predicted octanol–water partition coefficient (Wildman–Crippen LogP) is 3.74. The molecule has 2 heteroatoms. The number of carbonyl (C=O) groups is 1. The number of hydrogen-bond donors (Lipinski definition) is 0. The molecule has 0 spiro atoms. The normalized spacial score (nSPS) is 10.5. The second kappa shape index (κ2) is 5.35. The number of ketones is 1. The third-order valence-electron chi connectivity index (χ3n) is 3.42. The third-order valence-corrected chi connectivity index (χ3v) is 3.42. The average Bonchev–Trinajstić information content (AvgIpc) is 2.33. The average molecular weight is 253 g/mol. The summed E-state index contributed by atoms with van der Waals surface area (Å²) in [6, 6.07) is 8.16. The summed E-state index contributed by atoms with van der Waals surface area (Å²) in [5.74, 6) is 0.0840. The number of Topliss-reactive ketones (excluding diaryl/α,β-unsaturated/α-hetero) is 1. The minimum absolute atomic E-state index is 0.0840. The van der Waals surface area contributed by atoms with Crippen LogP contribution >= 0.6 is 0 Å². The van der Waals surface area contributed by atoms with Gasteiger partial charge in [0.1, 0.15) is 5.69 Å². The van der Waals surface area contributed by atoms with Crippen molar-refractivity contribution in [2.45, 2.75) is 34.1 Å². The van der Waals surface area contributed by atoms with Crippen LogP contribution < -0.4 is 0 Å². The highest BCUT2D eigenvalue weighted by molar-refractivity contribution is 5.97. The molecule has 2 aromatic rings. The summed E-state index contributed by atoms with van der Waals surface area (Å²) in [4.78, 5) is 16.5. The maximum atomic E-state index is 12.3. The van der Waals surface area contributed by atoms with E-state index in [-0.39, 0.29) is 5.78 Å². The molecule has 98 valence electrons. The van der Waals surface area contributed by atoms with Crippen LogP contribution in [0.3, 0.4) is 0 Å². The molecule has 0 atom stereocenters. The van der Waals surface area contributed by atoms with Crippen LogP contribution in [0.4, 0.5) is 0 Å². The highest BCUT2D eigenvalue weighted by atomic mass is 16.1. The Hall–Kier alpha value is -1.96. The number of benzene rings is 1. The molecule has 0 bridgehead atoms. The van der Waals surface area contributed by atoms with Gasteiger partial charge in [0.15, 0.2) is 5.78 Å². The number of pyridine rings is 1. The fraction of sp³-hybridized carbons (Fsp3) is 0.294. The molecule has 0 amide bonds. The highest BCUT2D eigenvalue weighted by Gasteiger charge is 2.12. The summed E-state index contributed by atoms with van der Waals surface area (Å²) in [7, 11) is 0. The van der Waals surface area contributed by atoms with Crippen LogP contribution in [0.15, 0.2) is 30.5 Å². The molecule has 0 unspecified atom stereocenters. The minimum Gasteiger partial charge on any atom is -0.292 e. The molecule has 1 aromatic carbocycles. The van der Waals surface area contributed by atoms with E-state index in [1.54, 1.807) is 6.20 Å². The van der Waals surface area contributed by atoms with Gasteiger partial charge >= 0.3 is 0 Å². The number of aryl methyl sites for hydroxylation is 4. The lowest BCUT2D eigenvalue weighted by Crippen LogP contribution is -2.08. The largest absolute Gasteiger partial charge is 0.292 e. The lowest BCUT2D eigenvalue weighted by atomic mass is 10.00. The van der Waals surface area contributed by atoms with Gasteiger partial charge in [-0.1, -0.05) is 24.3 Å². The van der Waals surface area contributed by atoms with Gasteiger partial charge in [0.2, 0.25) is 0 Å². The molecule has 0 aliphatic heterocycles. The van der Waals surface area contributed by atoms with E-state index < -0.39 is 0 Å². The molecule has 19 heavy (non-hydrogen) atoms. The Morgan fingerprint density at radius 2 is 1.74 bits per heavy atom. The molecule has 0 saturated carbocycles. The number of carbonyl (C=O) groups excluding carboxylic acids is 1. The maximum absolute atomic E-state index is 12.3. The van der Waals surface area contributed by atoms with Crippen LogP contribution in [-0.2, 0) is 6.42 Å². The first-order valence-electron chi connectivity index (χ1n) is 6.50. The van der Waals surface area contributed by atoms with E-state index in [1.807, 2.05) is 26.0 Å². The topological polar surface area (TPSA) is 30.0 Å². The molecule has 0 radical (unpaired) electrons. The predicted molar refractivity (Wildman–Crippen MR) is 77.7 cm³/mol. The van der Waals surface area contributed by atoms with E-state index in [0.717, 1.165) is 16.7 Å². The van der Waals surface area contributed by atoms with Crippen LogP contribution in [0.5, 0.6) is 0 Å². The van der Waals surface area contributed by atoms with Gasteiger partial charge in [0.25, 0.3) is 0 Å². The van der Waals surface area contributed by atoms with Crippen molar-refractivity contribution in [2.75, 3.05) is 0 Å². The number of rotatable bonds is 3. The number of nitrogens with zero attached hydrogens (tertiary/aromatic N) is 1. The molecule has 0 fully saturated rings. The van der Waals surface area contributed by atoms with Gasteiger partial charge in [0, 0.05) is 12.6 Å². The Morgan fingerprint density at radius 1 is 1.00 bits per heavy atom. The summed E-state index contributed by atoms with van der Waals surface area (Å²) >= 11 is 0. The van der Waals surface area contributed by atoms with Gasteiger partial charge in [-0.3, -0.25) is 9.78 Å². The molecule has 0 N–H and O–H groups in total. The zero-order chi connectivity index (χ0) is 14.0. The SMILES string of the molecule is Cc1cnc(C(=O)Cc2ccc(C)c(C)c2)c(C)c1. The fourth-order valence-corrected chi connectivity index (χ4v) is 2.19. The Kier molecular flexibility index (Phi) is 3.79. The molecule has 1 aromatic heterocycles. The van der Waals surface area contributed by atoms with Crippen molar-refractivity contribution in [3.8, 4) is 0 Å². The summed E-state index contributed by atoms with van der Waals surface area (Å²) < 4.78 is 0. The van der Waals surface area contributed by atoms with Crippen molar-refractivity contribution in [1.82, 2.24) is 4.98 Å². The maximum Gasteiger partial charge on any atom is 0.185 e. The molecule has 0 aliphatic rings. The summed E-state index contributed by atoms with van der Waals surface area (Å²) in [6.45, 7) is 8.07. The Bertz CT molecular complexity index is 629. The smallest absolute Gasteiger partial charge is 0.185 e. The molecule has 1 heterocycles. The zero-order valence-corrected chi connectivity index (χ0v) is 11.9. The molecule has 2 rings (SSSR count). The second-order valence-electron chi connectivity index (χ2n) is 5.20. The van der Waals surface area contributed by atoms with Crippen LogP contribution in [0.2, 0.25) is 0 Å². The van der Waals surface area contributed by atoms with Crippen LogP contribution in [-0.4, -0.2) is 10.8 Å². The van der Waals surface area contributed by atoms with Gasteiger partial charge in [-0.25, -0.2) is 0 Å². The molecule has 0 saturated heterocycles. The van der Waals surface area contributed by atoms with Gasteiger partial charge in [0.05, 0.1) is 0 Å². The van der Waals surface area contributed by atoms with Gasteiger partial charge in [-0.05, 0) is 55.5 Å². The Labute approximate surface area is 114 Å². The van der Waals surface area contributed by atoms with Crippen molar-refractivity contribution >= 4 is 5.78 Å². The first-order chi connectivity index (χ1) is 8.97. The van der Waals surface area contributed by atoms with Crippen molar-refractivity contribution in [3.05, 3.63) is 64.0 Å². The van der Waals surface area contributed by atoms with Crippen LogP contribution in [0, 0.1) is 27.7 Å². The molecular weight excluding hydrogens is 234 g/mol. The van der Waals surface area contributed by atoms with Crippen molar-refractivity contribution in [1.29, 1.82) is 0 Å². The second-order valence-corrected chi connectivity index (χ2v) is 5.20. The van der Waals surface area contributed by atoms with Crippen molar-refractivity contribution in [3.63, 3.8) is 0 Å². The van der Waals surface area contributed by atoms with Crippen LogP contribution in [0.1, 0.15) is 38.3 Å². The van der Waals surface area contributed by atoms with E-state index >= 15 is 0 Å². The van der Waals surface area contributed by atoms with E-state index in [1.165, 1.54) is 11.1 Å². The lowest BCUT2D eigenvalue weighted by Gasteiger charge is -2.07. The van der Waals surface area contributed by atoms with E-state index in [4.69, 9.17) is 0 Å². The highest BCUT2D eigenvalue weighted by Crippen LogP contribution is 2.14. The van der Waals surface area contributed by atoms with E-state index in [0.29, 0.717) is 12.1 Å². The van der Waals surface area contributed by atoms with Crippen LogP contribution in [0.25, 0.3) is 0 Å². The van der Waals surface area contributed by atoms with E-state index in [2.05, 4.69) is 31.0 Å². The van der Waals surface area contributed by atoms with Gasteiger partial charge < -0.3 is 0 Å². The molecular formula is C17H19NO. The fourth-order valence-electron chi connectivity index (χ4n) is 2.19. The zero-order valence-electron chi connectivity index (χ0n) is 11.9. The first kappa shape index (κ1) is 13.5. The Balaban J connectivity index is 2.23. The number of aromatic nitrogens is 1. The monoisotopic (exact) mass is 253 g/mol. The van der Waals surface area contributed by atoms with Crippen molar-refractivity contribution < 1.29 is 4.79 Å². The lowest BCUT2D eigenvalue weighted by molar-refractivity contribution is 0.0987.